The van der Waals surface area contributed by atoms with Gasteiger partial charge in [0.2, 0.25) is 0 Å². The Hall–Kier alpha value is -1.45. The zero-order valence-corrected chi connectivity index (χ0v) is 10.4. The lowest BCUT2D eigenvalue weighted by Crippen LogP contribution is -2.20. The average Bonchev–Trinajstić information content (AvgIpc) is 2.86. The van der Waals surface area contributed by atoms with Crippen molar-refractivity contribution < 1.29 is 5.11 Å². The van der Waals surface area contributed by atoms with E-state index in [4.69, 9.17) is 5.11 Å². The molecule has 0 aliphatic carbocycles. The van der Waals surface area contributed by atoms with E-state index in [-0.39, 0.29) is 0 Å². The third-order valence-electron chi connectivity index (χ3n) is 3.70. The molecule has 0 spiro atoms. The smallest absolute Gasteiger partial charge is 0.0702 e. The zero-order valence-electron chi connectivity index (χ0n) is 10.4. The fourth-order valence-electron chi connectivity index (χ4n) is 2.69. The van der Waals surface area contributed by atoms with Crippen molar-refractivity contribution in [2.24, 2.45) is 5.92 Å². The predicted molar refractivity (Wildman–Crippen MR) is 72.2 cm³/mol. The number of nitrogens with zero attached hydrogens (tertiary/aromatic N) is 2. The molecule has 0 saturated carbocycles. The van der Waals surface area contributed by atoms with Crippen LogP contribution in [-0.4, -0.2) is 34.7 Å². The van der Waals surface area contributed by atoms with E-state index in [2.05, 4.69) is 34.1 Å². The number of aromatic nitrogens is 1. The van der Waals surface area contributed by atoms with E-state index in [1.807, 2.05) is 12.3 Å². The van der Waals surface area contributed by atoms with Gasteiger partial charge in [-0.2, -0.15) is 0 Å². The maximum Gasteiger partial charge on any atom is 0.0702 e. The lowest BCUT2D eigenvalue weighted by molar-refractivity contribution is 0.220. The second-order valence-electron chi connectivity index (χ2n) is 5.10. The first-order valence-corrected chi connectivity index (χ1v) is 6.52. The van der Waals surface area contributed by atoms with Crippen molar-refractivity contribution in [1.29, 1.82) is 0 Å². The molecule has 0 amide bonds. The number of pyridine rings is 1. The van der Waals surface area contributed by atoms with Crippen LogP contribution >= 0.6 is 0 Å². The monoisotopic (exact) mass is 242 g/mol. The summed E-state index contributed by atoms with van der Waals surface area (Å²) in [6, 6.07) is 10.5. The van der Waals surface area contributed by atoms with Gasteiger partial charge in [-0.05, 0) is 42.6 Å². The molecule has 1 atom stereocenters. The Labute approximate surface area is 107 Å². The minimum atomic E-state index is 0.318. The molecule has 0 bridgehead atoms. The minimum absolute atomic E-state index is 0.318. The first-order valence-electron chi connectivity index (χ1n) is 6.52. The van der Waals surface area contributed by atoms with Crippen molar-refractivity contribution in [2.75, 3.05) is 19.7 Å². The standard InChI is InChI=1S/C15H18N2O/c18-11-13-5-7-17(10-13)9-12-3-4-15-14(8-12)2-1-6-16-15/h1-4,6,8,13,18H,5,7,9-11H2. The molecule has 18 heavy (non-hydrogen) atoms. The van der Waals surface area contributed by atoms with Crippen LogP contribution in [0, 0.1) is 5.92 Å². The highest BCUT2D eigenvalue weighted by molar-refractivity contribution is 5.78. The van der Waals surface area contributed by atoms with E-state index in [1.54, 1.807) is 0 Å². The number of benzene rings is 1. The molecule has 0 radical (unpaired) electrons. The van der Waals surface area contributed by atoms with Crippen LogP contribution in [0.4, 0.5) is 0 Å². The Kier molecular flexibility index (Phi) is 3.26. The van der Waals surface area contributed by atoms with Crippen LogP contribution in [0.1, 0.15) is 12.0 Å². The van der Waals surface area contributed by atoms with Crippen LogP contribution in [0.5, 0.6) is 0 Å². The molecule has 1 aromatic heterocycles. The van der Waals surface area contributed by atoms with Gasteiger partial charge in [-0.1, -0.05) is 12.1 Å². The molecule has 1 aliphatic heterocycles. The molecule has 1 fully saturated rings. The Morgan fingerprint density at radius 3 is 3.11 bits per heavy atom. The highest BCUT2D eigenvalue weighted by Crippen LogP contribution is 2.20. The highest BCUT2D eigenvalue weighted by Gasteiger charge is 2.21. The number of aliphatic hydroxyl groups excluding tert-OH is 1. The van der Waals surface area contributed by atoms with Crippen molar-refractivity contribution in [2.45, 2.75) is 13.0 Å². The quantitative estimate of drug-likeness (QED) is 0.895. The molecule has 94 valence electrons. The lowest BCUT2D eigenvalue weighted by atomic mass is 10.1. The summed E-state index contributed by atoms with van der Waals surface area (Å²) in [5.74, 6) is 0.465. The second-order valence-corrected chi connectivity index (χ2v) is 5.10. The Bertz CT molecular complexity index is 541. The molecule has 1 saturated heterocycles. The van der Waals surface area contributed by atoms with E-state index in [0.717, 1.165) is 31.6 Å². The molecule has 1 N–H and O–H groups in total. The number of hydrogen-bond acceptors (Lipinski definition) is 3. The Morgan fingerprint density at radius 1 is 1.33 bits per heavy atom. The molecule has 1 aliphatic rings. The molecule has 1 unspecified atom stereocenters. The van der Waals surface area contributed by atoms with Crippen LogP contribution in [0.15, 0.2) is 36.5 Å². The predicted octanol–water partition coefficient (Wildman–Crippen LogP) is 2.05. The highest BCUT2D eigenvalue weighted by atomic mass is 16.3. The normalized spacial score (nSPS) is 20.6. The maximum absolute atomic E-state index is 9.16. The third-order valence-corrected chi connectivity index (χ3v) is 3.70. The van der Waals surface area contributed by atoms with Gasteiger partial charge in [-0.25, -0.2) is 0 Å². The van der Waals surface area contributed by atoms with Gasteiger partial charge in [-0.3, -0.25) is 9.88 Å². The van der Waals surface area contributed by atoms with E-state index >= 15 is 0 Å². The van der Waals surface area contributed by atoms with Crippen molar-refractivity contribution in [3.8, 4) is 0 Å². The summed E-state index contributed by atoms with van der Waals surface area (Å²) in [4.78, 5) is 6.75. The largest absolute Gasteiger partial charge is 0.396 e. The summed E-state index contributed by atoms with van der Waals surface area (Å²) in [7, 11) is 0. The van der Waals surface area contributed by atoms with Crippen molar-refractivity contribution in [3.05, 3.63) is 42.1 Å². The summed E-state index contributed by atoms with van der Waals surface area (Å²) >= 11 is 0. The van der Waals surface area contributed by atoms with Crippen LogP contribution < -0.4 is 0 Å². The Balaban J connectivity index is 1.75. The van der Waals surface area contributed by atoms with Gasteiger partial charge in [0.05, 0.1) is 5.52 Å². The van der Waals surface area contributed by atoms with Crippen LogP contribution in [0.3, 0.4) is 0 Å². The van der Waals surface area contributed by atoms with Gasteiger partial charge in [0.15, 0.2) is 0 Å². The third kappa shape index (κ3) is 2.37. The van der Waals surface area contributed by atoms with E-state index in [9.17, 15) is 0 Å². The topological polar surface area (TPSA) is 36.4 Å². The van der Waals surface area contributed by atoms with Gasteiger partial charge in [0.25, 0.3) is 0 Å². The molecule has 1 aromatic carbocycles. The number of aliphatic hydroxyl groups is 1. The molecule has 3 heteroatoms. The Morgan fingerprint density at radius 2 is 2.28 bits per heavy atom. The van der Waals surface area contributed by atoms with Crippen LogP contribution in [0.25, 0.3) is 10.9 Å². The number of rotatable bonds is 3. The average molecular weight is 242 g/mol. The summed E-state index contributed by atoms with van der Waals surface area (Å²) in [5.41, 5.74) is 2.38. The summed E-state index contributed by atoms with van der Waals surface area (Å²) < 4.78 is 0. The molecule has 2 aromatic rings. The van der Waals surface area contributed by atoms with E-state index in [0.29, 0.717) is 12.5 Å². The first-order chi connectivity index (χ1) is 8.85. The fourth-order valence-corrected chi connectivity index (χ4v) is 2.69. The second kappa shape index (κ2) is 5.04. The fraction of sp³-hybridized carbons (Fsp3) is 0.400. The number of hydrogen-bond donors (Lipinski definition) is 1. The zero-order chi connectivity index (χ0) is 12.4. The molecule has 3 rings (SSSR count). The molecular weight excluding hydrogens is 224 g/mol. The van der Waals surface area contributed by atoms with Crippen LogP contribution in [-0.2, 0) is 6.54 Å². The van der Waals surface area contributed by atoms with E-state index in [1.165, 1.54) is 10.9 Å². The van der Waals surface area contributed by atoms with Crippen molar-refractivity contribution in [3.63, 3.8) is 0 Å². The summed E-state index contributed by atoms with van der Waals surface area (Å²) in [6.07, 6.45) is 2.94. The molecule has 2 heterocycles. The van der Waals surface area contributed by atoms with E-state index < -0.39 is 0 Å². The molecule has 3 nitrogen and oxygen atoms in total. The first kappa shape index (κ1) is 11.6. The minimum Gasteiger partial charge on any atom is -0.396 e. The SMILES string of the molecule is OCC1CCN(Cc2ccc3ncccc3c2)C1. The molecular formula is C15H18N2O. The summed E-state index contributed by atoms with van der Waals surface area (Å²) in [5, 5.41) is 10.4. The van der Waals surface area contributed by atoms with Gasteiger partial charge < -0.3 is 5.11 Å². The van der Waals surface area contributed by atoms with Gasteiger partial charge in [0, 0.05) is 31.3 Å². The van der Waals surface area contributed by atoms with Gasteiger partial charge in [0.1, 0.15) is 0 Å². The van der Waals surface area contributed by atoms with Crippen LogP contribution in [0.2, 0.25) is 0 Å². The van der Waals surface area contributed by atoms with Crippen molar-refractivity contribution >= 4 is 10.9 Å². The van der Waals surface area contributed by atoms with Gasteiger partial charge in [-0.15, -0.1) is 0 Å². The maximum atomic E-state index is 9.16. The van der Waals surface area contributed by atoms with Crippen molar-refractivity contribution in [1.82, 2.24) is 9.88 Å². The summed E-state index contributed by atoms with van der Waals surface area (Å²) in [6.45, 7) is 3.40. The lowest BCUT2D eigenvalue weighted by Gasteiger charge is -2.15. The van der Waals surface area contributed by atoms with Gasteiger partial charge >= 0.3 is 0 Å². The number of fused-ring (bicyclic) bond motifs is 1. The number of likely N-dealkylation sites (tertiary alicyclic amines) is 1.